The Labute approximate surface area is 226 Å². The van der Waals surface area contributed by atoms with Crippen molar-refractivity contribution in [3.8, 4) is 0 Å². The largest absolute Gasteiger partial charge is 0.357 e. The Morgan fingerprint density at radius 1 is 0.921 bits per heavy atom. The Hall–Kier alpha value is -3.65. The van der Waals surface area contributed by atoms with Crippen LogP contribution in [0.5, 0.6) is 0 Å². The molecule has 0 saturated heterocycles. The van der Waals surface area contributed by atoms with Gasteiger partial charge in [0.25, 0.3) is 10.0 Å². The Morgan fingerprint density at radius 3 is 2.13 bits per heavy atom. The van der Waals surface area contributed by atoms with Gasteiger partial charge in [-0.05, 0) is 54.7 Å². The zero-order valence-corrected chi connectivity index (χ0v) is 23.5. The number of amides is 2. The lowest BCUT2D eigenvalue weighted by Gasteiger charge is -2.33. The summed E-state index contributed by atoms with van der Waals surface area (Å²) in [5, 5.41) is 2.64. The molecule has 1 atom stereocenters. The maximum Gasteiger partial charge on any atom is 0.264 e. The minimum Gasteiger partial charge on any atom is -0.357 e. The second-order valence-electron chi connectivity index (χ2n) is 9.62. The van der Waals surface area contributed by atoms with Crippen molar-refractivity contribution in [2.75, 3.05) is 17.9 Å². The molecule has 0 radical (unpaired) electrons. The van der Waals surface area contributed by atoms with Crippen molar-refractivity contribution in [1.82, 2.24) is 10.2 Å². The number of rotatable bonds is 11. The van der Waals surface area contributed by atoms with Crippen LogP contribution < -0.4 is 9.62 Å². The second-order valence-corrected chi connectivity index (χ2v) is 11.5. The Bertz CT molecular complexity index is 1340. The first-order valence-corrected chi connectivity index (χ1v) is 14.3. The molecule has 0 spiro atoms. The summed E-state index contributed by atoms with van der Waals surface area (Å²) in [6.45, 7) is 7.64. The smallest absolute Gasteiger partial charge is 0.264 e. The highest BCUT2D eigenvalue weighted by molar-refractivity contribution is 7.92. The lowest BCUT2D eigenvalue weighted by molar-refractivity contribution is -0.140. The van der Waals surface area contributed by atoms with E-state index in [1.807, 2.05) is 50.2 Å². The number of nitrogens with one attached hydrogen (secondary N) is 1. The highest BCUT2D eigenvalue weighted by atomic mass is 32.2. The van der Waals surface area contributed by atoms with E-state index in [1.165, 1.54) is 24.1 Å². The van der Waals surface area contributed by atoms with Crippen molar-refractivity contribution < 1.29 is 18.0 Å². The monoisotopic (exact) mass is 535 g/mol. The number of hydrogen-bond acceptors (Lipinski definition) is 4. The number of hydrogen-bond donors (Lipinski definition) is 1. The zero-order valence-electron chi connectivity index (χ0n) is 22.7. The van der Waals surface area contributed by atoms with E-state index >= 15 is 0 Å². The van der Waals surface area contributed by atoms with Crippen molar-refractivity contribution in [2.45, 2.75) is 57.5 Å². The standard InChI is InChI=1S/C30H37N3O4S/c1-6-28(30(35)31-5)32(20-24-12-10-11-23(4)19-24)29(34)21-33(26-17-15-25(16-18-26)22(2)3)38(36,37)27-13-8-7-9-14-27/h7-19,22,28H,6,20-21H2,1-5H3,(H,31,35). The lowest BCUT2D eigenvalue weighted by Crippen LogP contribution is -2.51. The van der Waals surface area contributed by atoms with Crippen LogP contribution in [0.3, 0.4) is 0 Å². The summed E-state index contributed by atoms with van der Waals surface area (Å²) in [4.78, 5) is 28.3. The van der Waals surface area contributed by atoms with Gasteiger partial charge in [0.15, 0.2) is 0 Å². The Morgan fingerprint density at radius 2 is 1.58 bits per heavy atom. The molecule has 0 heterocycles. The molecule has 38 heavy (non-hydrogen) atoms. The molecule has 1 N–H and O–H groups in total. The van der Waals surface area contributed by atoms with E-state index in [0.717, 1.165) is 21.0 Å². The van der Waals surface area contributed by atoms with Crippen molar-refractivity contribution >= 4 is 27.5 Å². The van der Waals surface area contributed by atoms with Crippen molar-refractivity contribution in [2.24, 2.45) is 0 Å². The number of anilines is 1. The lowest BCUT2D eigenvalue weighted by atomic mass is 10.0. The third kappa shape index (κ3) is 6.81. The summed E-state index contributed by atoms with van der Waals surface area (Å²) in [5.41, 5.74) is 3.33. The predicted octanol–water partition coefficient (Wildman–Crippen LogP) is 4.87. The average molecular weight is 536 g/mol. The van der Waals surface area contributed by atoms with Gasteiger partial charge in [0.1, 0.15) is 12.6 Å². The molecule has 0 aliphatic carbocycles. The van der Waals surface area contributed by atoms with Crippen LogP contribution in [0, 0.1) is 6.92 Å². The molecule has 3 aromatic carbocycles. The Kier molecular flexibility index (Phi) is 9.69. The fourth-order valence-electron chi connectivity index (χ4n) is 4.37. The van der Waals surface area contributed by atoms with Gasteiger partial charge < -0.3 is 10.2 Å². The van der Waals surface area contributed by atoms with Crippen LogP contribution in [0.15, 0.2) is 83.8 Å². The van der Waals surface area contributed by atoms with Gasteiger partial charge in [-0.2, -0.15) is 0 Å². The molecule has 8 heteroatoms. The molecule has 0 aliphatic rings. The minimum atomic E-state index is -4.07. The summed E-state index contributed by atoms with van der Waals surface area (Å²) in [5.74, 6) is -0.491. The van der Waals surface area contributed by atoms with Gasteiger partial charge in [0, 0.05) is 13.6 Å². The molecular formula is C30H37N3O4S. The summed E-state index contributed by atoms with van der Waals surface area (Å²) in [6.07, 6.45) is 0.381. The molecule has 1 unspecified atom stereocenters. The number of benzene rings is 3. The van der Waals surface area contributed by atoms with Gasteiger partial charge in [0.05, 0.1) is 10.6 Å². The molecule has 0 fully saturated rings. The molecule has 3 aromatic rings. The maximum absolute atomic E-state index is 13.9. The number of aryl methyl sites for hydroxylation is 1. The van der Waals surface area contributed by atoms with E-state index in [9.17, 15) is 18.0 Å². The average Bonchev–Trinajstić information content (AvgIpc) is 2.91. The van der Waals surface area contributed by atoms with Crippen LogP contribution in [0.2, 0.25) is 0 Å². The van der Waals surface area contributed by atoms with Crippen LogP contribution in [0.4, 0.5) is 5.69 Å². The SMILES string of the molecule is CCC(C(=O)NC)N(Cc1cccc(C)c1)C(=O)CN(c1ccc(C(C)C)cc1)S(=O)(=O)c1ccccc1. The molecule has 2 amide bonds. The van der Waals surface area contributed by atoms with Crippen LogP contribution in [0.1, 0.15) is 49.8 Å². The van der Waals surface area contributed by atoms with Gasteiger partial charge in [-0.15, -0.1) is 0 Å². The molecule has 0 bridgehead atoms. The van der Waals surface area contributed by atoms with E-state index < -0.39 is 28.5 Å². The van der Waals surface area contributed by atoms with Crippen LogP contribution in [-0.2, 0) is 26.2 Å². The van der Waals surface area contributed by atoms with E-state index in [0.29, 0.717) is 12.1 Å². The first-order chi connectivity index (χ1) is 18.1. The van der Waals surface area contributed by atoms with E-state index in [-0.39, 0.29) is 23.3 Å². The zero-order chi connectivity index (χ0) is 27.9. The number of carbonyl (C=O) groups excluding carboxylic acids is 2. The second kappa shape index (κ2) is 12.7. The first kappa shape index (κ1) is 28.9. The van der Waals surface area contributed by atoms with Gasteiger partial charge in [-0.25, -0.2) is 8.42 Å². The van der Waals surface area contributed by atoms with Crippen LogP contribution in [0.25, 0.3) is 0 Å². The summed E-state index contributed by atoms with van der Waals surface area (Å²) in [6, 6.07) is 22.2. The fraction of sp³-hybridized carbons (Fsp3) is 0.333. The van der Waals surface area contributed by atoms with E-state index in [2.05, 4.69) is 19.2 Å². The highest BCUT2D eigenvalue weighted by Crippen LogP contribution is 2.27. The summed E-state index contributed by atoms with van der Waals surface area (Å²) >= 11 is 0. The van der Waals surface area contributed by atoms with Gasteiger partial charge in [0.2, 0.25) is 11.8 Å². The molecule has 0 aromatic heterocycles. The third-order valence-corrected chi connectivity index (χ3v) is 8.31. The van der Waals surface area contributed by atoms with Crippen molar-refractivity contribution in [3.63, 3.8) is 0 Å². The highest BCUT2D eigenvalue weighted by Gasteiger charge is 2.33. The molecule has 3 rings (SSSR count). The Balaban J connectivity index is 2.06. The molecule has 0 aliphatic heterocycles. The van der Waals surface area contributed by atoms with Crippen molar-refractivity contribution in [1.29, 1.82) is 0 Å². The van der Waals surface area contributed by atoms with E-state index in [1.54, 1.807) is 30.3 Å². The first-order valence-electron chi connectivity index (χ1n) is 12.8. The predicted molar refractivity (Wildman–Crippen MR) is 151 cm³/mol. The number of carbonyl (C=O) groups is 2. The topological polar surface area (TPSA) is 86.8 Å². The number of likely N-dealkylation sites (N-methyl/N-ethyl adjacent to an activating group) is 1. The van der Waals surface area contributed by atoms with E-state index in [4.69, 9.17) is 0 Å². The van der Waals surface area contributed by atoms with Crippen LogP contribution >= 0.6 is 0 Å². The van der Waals surface area contributed by atoms with Gasteiger partial charge in [-0.3, -0.25) is 13.9 Å². The normalized spacial score (nSPS) is 12.2. The molecule has 7 nitrogen and oxygen atoms in total. The van der Waals surface area contributed by atoms with Gasteiger partial charge >= 0.3 is 0 Å². The van der Waals surface area contributed by atoms with Gasteiger partial charge in [-0.1, -0.05) is 80.9 Å². The quantitative estimate of drug-likeness (QED) is 0.380. The van der Waals surface area contributed by atoms with Crippen molar-refractivity contribution in [3.05, 3.63) is 95.6 Å². The molecule has 0 saturated carbocycles. The van der Waals surface area contributed by atoms with Crippen LogP contribution in [-0.4, -0.2) is 44.8 Å². The number of nitrogens with zero attached hydrogens (tertiary/aromatic N) is 2. The summed E-state index contributed by atoms with van der Waals surface area (Å²) < 4.78 is 28.8. The number of sulfonamides is 1. The molecular weight excluding hydrogens is 498 g/mol. The molecule has 202 valence electrons. The summed E-state index contributed by atoms with van der Waals surface area (Å²) in [7, 11) is -2.54. The maximum atomic E-state index is 13.9. The third-order valence-electron chi connectivity index (χ3n) is 6.53. The fourth-order valence-corrected chi connectivity index (χ4v) is 5.80. The minimum absolute atomic E-state index is 0.0873.